The molecular formula is C22H36N2O8. The predicted molar refractivity (Wildman–Crippen MR) is 115 cm³/mol. The van der Waals surface area contributed by atoms with Crippen LogP contribution >= 0.6 is 0 Å². The van der Waals surface area contributed by atoms with Crippen LogP contribution in [0.1, 0.15) is 54.4 Å². The average molecular weight is 457 g/mol. The van der Waals surface area contributed by atoms with Gasteiger partial charge in [-0.25, -0.2) is 0 Å². The molecule has 0 rings (SSSR count). The molecule has 10 nitrogen and oxygen atoms in total. The molecule has 0 aromatic rings. The summed E-state index contributed by atoms with van der Waals surface area (Å²) in [6.45, 7) is 13.8. The van der Waals surface area contributed by atoms with Crippen LogP contribution in [0, 0.1) is 17.3 Å². The van der Waals surface area contributed by atoms with Gasteiger partial charge in [-0.3, -0.25) is 14.4 Å². The SMILES string of the molecule is CC(C)(C)CCOCCNC(=O)C#CC(=O)NCCOCCC(=O)OC(C)(C)C.O=C=O. The van der Waals surface area contributed by atoms with Crippen molar-refractivity contribution in [1.29, 1.82) is 0 Å². The Hall–Kier alpha value is -2.73. The molecule has 0 saturated carbocycles. The molecular weight excluding hydrogens is 420 g/mol. The third-order valence-corrected chi connectivity index (χ3v) is 3.22. The molecule has 0 radical (unpaired) electrons. The molecule has 2 N–H and O–H groups in total. The zero-order chi connectivity index (χ0) is 25.0. The number of carbonyl (C=O) groups is 3. The largest absolute Gasteiger partial charge is 0.460 e. The maximum Gasteiger partial charge on any atom is 0.373 e. The lowest BCUT2D eigenvalue weighted by atomic mass is 9.93. The molecule has 0 aliphatic carbocycles. The lowest BCUT2D eigenvalue weighted by Crippen LogP contribution is -2.28. The maximum absolute atomic E-state index is 11.5. The van der Waals surface area contributed by atoms with Crippen LogP contribution in [0.3, 0.4) is 0 Å². The first kappa shape index (κ1) is 31.5. The van der Waals surface area contributed by atoms with Gasteiger partial charge in [0.25, 0.3) is 11.8 Å². The molecule has 0 bridgehead atoms. The molecule has 0 aliphatic heterocycles. The van der Waals surface area contributed by atoms with E-state index in [4.69, 9.17) is 23.8 Å². The van der Waals surface area contributed by atoms with Gasteiger partial charge in [-0.15, -0.1) is 0 Å². The normalized spacial score (nSPS) is 10.4. The topological polar surface area (TPSA) is 137 Å². The summed E-state index contributed by atoms with van der Waals surface area (Å²) in [6.07, 6.45) is 1.33. The van der Waals surface area contributed by atoms with E-state index in [2.05, 4.69) is 43.2 Å². The van der Waals surface area contributed by atoms with Gasteiger partial charge in [0.2, 0.25) is 0 Å². The van der Waals surface area contributed by atoms with Crippen molar-refractivity contribution in [2.24, 2.45) is 5.41 Å². The molecule has 182 valence electrons. The highest BCUT2D eigenvalue weighted by Gasteiger charge is 2.15. The predicted octanol–water partition coefficient (Wildman–Crippen LogP) is 0.840. The van der Waals surface area contributed by atoms with Crippen LogP contribution in [0.4, 0.5) is 0 Å². The van der Waals surface area contributed by atoms with Crippen LogP contribution < -0.4 is 10.6 Å². The highest BCUT2D eigenvalue weighted by Crippen LogP contribution is 2.17. The molecule has 10 heteroatoms. The molecule has 0 unspecified atom stereocenters. The molecule has 2 amide bonds. The number of ether oxygens (including phenoxy) is 3. The quantitative estimate of drug-likeness (QED) is 0.265. The number of hydrogen-bond donors (Lipinski definition) is 2. The summed E-state index contributed by atoms with van der Waals surface area (Å²) in [5.74, 6) is 2.98. The fraction of sp³-hybridized carbons (Fsp3) is 0.727. The van der Waals surface area contributed by atoms with Crippen molar-refractivity contribution in [3.63, 3.8) is 0 Å². The van der Waals surface area contributed by atoms with Crippen molar-refractivity contribution in [2.75, 3.05) is 39.5 Å². The molecule has 0 spiro atoms. The van der Waals surface area contributed by atoms with E-state index in [1.807, 2.05) is 0 Å². The fourth-order valence-electron chi connectivity index (χ4n) is 1.81. The van der Waals surface area contributed by atoms with Crippen molar-refractivity contribution >= 4 is 23.9 Å². The van der Waals surface area contributed by atoms with E-state index in [0.29, 0.717) is 19.8 Å². The van der Waals surface area contributed by atoms with Crippen LogP contribution in [-0.4, -0.2) is 69.1 Å². The molecule has 0 fully saturated rings. The lowest BCUT2D eigenvalue weighted by Gasteiger charge is -2.19. The standard InChI is InChI=1S/C21H36N2O6.CO2/c1-20(2,3)10-14-28-16-12-23-18(25)8-7-17(24)22-11-15-27-13-9-19(26)29-21(4,5)6;2-1-3/h9-16H2,1-6H3,(H,22,24)(H,23,25);. The van der Waals surface area contributed by atoms with Crippen LogP contribution in [0.15, 0.2) is 0 Å². The summed E-state index contributed by atoms with van der Waals surface area (Å²) in [7, 11) is 0. The van der Waals surface area contributed by atoms with Gasteiger partial charge >= 0.3 is 12.1 Å². The second kappa shape index (κ2) is 17.9. The minimum Gasteiger partial charge on any atom is -0.460 e. The Morgan fingerprint density at radius 1 is 0.750 bits per heavy atom. The van der Waals surface area contributed by atoms with E-state index in [1.54, 1.807) is 20.8 Å². The number of amides is 2. The Balaban J connectivity index is 0. The molecule has 0 aliphatic rings. The summed E-state index contributed by atoms with van der Waals surface area (Å²) in [6, 6.07) is 0. The zero-order valence-electron chi connectivity index (χ0n) is 19.9. The van der Waals surface area contributed by atoms with Crippen LogP contribution in [0.25, 0.3) is 0 Å². The minimum absolute atomic E-state index is 0.144. The summed E-state index contributed by atoms with van der Waals surface area (Å²) in [5, 5.41) is 5.06. The third kappa shape index (κ3) is 27.3. The smallest absolute Gasteiger partial charge is 0.373 e. The number of carbonyl (C=O) groups excluding carboxylic acids is 5. The number of hydrogen-bond acceptors (Lipinski definition) is 8. The minimum atomic E-state index is -0.572. The Labute approximate surface area is 190 Å². The van der Waals surface area contributed by atoms with E-state index in [0.717, 1.165) is 6.42 Å². The lowest BCUT2D eigenvalue weighted by molar-refractivity contribution is -0.191. The summed E-state index contributed by atoms with van der Waals surface area (Å²) < 4.78 is 15.8. The van der Waals surface area contributed by atoms with E-state index in [-0.39, 0.29) is 43.7 Å². The van der Waals surface area contributed by atoms with E-state index in [1.165, 1.54) is 0 Å². The Morgan fingerprint density at radius 2 is 1.19 bits per heavy atom. The van der Waals surface area contributed by atoms with Crippen molar-refractivity contribution in [3.05, 3.63) is 0 Å². The van der Waals surface area contributed by atoms with Crippen LogP contribution in [0.5, 0.6) is 0 Å². The Morgan fingerprint density at radius 3 is 1.59 bits per heavy atom. The third-order valence-electron chi connectivity index (χ3n) is 3.22. The first-order valence-corrected chi connectivity index (χ1v) is 10.2. The van der Waals surface area contributed by atoms with Gasteiger partial charge < -0.3 is 24.8 Å². The first-order chi connectivity index (χ1) is 14.8. The number of rotatable bonds is 11. The molecule has 32 heavy (non-hydrogen) atoms. The Kier molecular flexibility index (Phi) is 17.6. The summed E-state index contributed by atoms with van der Waals surface area (Å²) in [4.78, 5) is 50.8. The highest BCUT2D eigenvalue weighted by atomic mass is 16.6. The Bertz CT molecular complexity index is 660. The van der Waals surface area contributed by atoms with Crippen molar-refractivity contribution in [2.45, 2.75) is 60.0 Å². The van der Waals surface area contributed by atoms with Gasteiger partial charge in [0.1, 0.15) is 5.60 Å². The van der Waals surface area contributed by atoms with Crippen molar-refractivity contribution < 1.29 is 38.2 Å². The first-order valence-electron chi connectivity index (χ1n) is 10.2. The van der Waals surface area contributed by atoms with Gasteiger partial charge in [0.05, 0.1) is 26.2 Å². The molecule has 0 heterocycles. The van der Waals surface area contributed by atoms with Crippen molar-refractivity contribution in [3.8, 4) is 11.8 Å². The average Bonchev–Trinajstić information content (AvgIpc) is 2.64. The van der Waals surface area contributed by atoms with Crippen molar-refractivity contribution in [1.82, 2.24) is 10.6 Å². The monoisotopic (exact) mass is 456 g/mol. The molecule has 0 saturated heterocycles. The van der Waals surface area contributed by atoms with E-state index in [9.17, 15) is 14.4 Å². The number of nitrogens with one attached hydrogen (secondary N) is 2. The van der Waals surface area contributed by atoms with Gasteiger partial charge in [-0.2, -0.15) is 9.59 Å². The van der Waals surface area contributed by atoms with Crippen LogP contribution in [-0.2, 0) is 38.2 Å². The summed E-state index contributed by atoms with van der Waals surface area (Å²) in [5.41, 5.74) is -0.305. The van der Waals surface area contributed by atoms with E-state index < -0.39 is 17.4 Å². The molecule has 0 atom stereocenters. The molecule has 0 aromatic carbocycles. The number of esters is 1. The van der Waals surface area contributed by atoms with Gasteiger partial charge in [-0.1, -0.05) is 20.8 Å². The van der Waals surface area contributed by atoms with Gasteiger partial charge in [0, 0.05) is 31.5 Å². The molecule has 0 aromatic heterocycles. The van der Waals surface area contributed by atoms with E-state index >= 15 is 0 Å². The highest BCUT2D eigenvalue weighted by molar-refractivity contribution is 6.02. The maximum atomic E-state index is 11.5. The summed E-state index contributed by atoms with van der Waals surface area (Å²) >= 11 is 0. The fourth-order valence-corrected chi connectivity index (χ4v) is 1.81. The van der Waals surface area contributed by atoms with Crippen LogP contribution in [0.2, 0.25) is 0 Å². The van der Waals surface area contributed by atoms with Gasteiger partial charge in [-0.05, 0) is 32.6 Å². The van der Waals surface area contributed by atoms with Gasteiger partial charge in [0.15, 0.2) is 0 Å². The zero-order valence-corrected chi connectivity index (χ0v) is 19.9. The second-order valence-electron chi connectivity index (χ2n) is 8.72. The second-order valence-corrected chi connectivity index (χ2v) is 8.72.